The number of para-hydroxylation sites is 2. The number of carbonyl (C=O) groups is 1. The van der Waals surface area contributed by atoms with Crippen LogP contribution in [0.3, 0.4) is 0 Å². The van der Waals surface area contributed by atoms with Gasteiger partial charge in [-0.2, -0.15) is 0 Å². The van der Waals surface area contributed by atoms with Crippen molar-refractivity contribution in [2.75, 3.05) is 0 Å². The molecule has 0 atom stereocenters. The quantitative estimate of drug-likeness (QED) is 0.377. The molecule has 0 N–H and O–H groups in total. The van der Waals surface area contributed by atoms with Crippen LogP contribution in [0.4, 0.5) is 0 Å². The highest BCUT2D eigenvalue weighted by atomic mass is 35.5. The van der Waals surface area contributed by atoms with Crippen LogP contribution in [0.5, 0.6) is 5.75 Å². The summed E-state index contributed by atoms with van der Waals surface area (Å²) in [6.45, 7) is 0.408. The standard InChI is InChI=1S/C22H16Cl2N2O2/c23-16-7-5-15(6-8-16)21(27)13-26-20-4-2-1-3-19(20)25-22(26)14-28-18-11-9-17(24)10-12-18/h1-12H,13-14H2. The Balaban J connectivity index is 1.62. The minimum Gasteiger partial charge on any atom is -0.486 e. The fourth-order valence-corrected chi connectivity index (χ4v) is 3.21. The van der Waals surface area contributed by atoms with Gasteiger partial charge in [-0.1, -0.05) is 35.3 Å². The van der Waals surface area contributed by atoms with E-state index in [0.29, 0.717) is 27.2 Å². The molecule has 0 unspecified atom stereocenters. The van der Waals surface area contributed by atoms with Crippen LogP contribution < -0.4 is 4.74 Å². The average Bonchev–Trinajstić information content (AvgIpc) is 3.05. The summed E-state index contributed by atoms with van der Waals surface area (Å²) in [7, 11) is 0. The lowest BCUT2D eigenvalue weighted by Crippen LogP contribution is -2.14. The first-order chi connectivity index (χ1) is 13.6. The van der Waals surface area contributed by atoms with E-state index in [1.165, 1.54) is 0 Å². The summed E-state index contributed by atoms with van der Waals surface area (Å²) in [6, 6.07) is 21.7. The zero-order chi connectivity index (χ0) is 19.5. The highest BCUT2D eigenvalue weighted by Gasteiger charge is 2.15. The number of benzene rings is 3. The van der Waals surface area contributed by atoms with Crippen LogP contribution in [0.1, 0.15) is 16.2 Å². The van der Waals surface area contributed by atoms with Crippen molar-refractivity contribution in [1.82, 2.24) is 9.55 Å². The Morgan fingerprint density at radius 2 is 1.54 bits per heavy atom. The molecule has 0 spiro atoms. The third-order valence-corrected chi connectivity index (χ3v) is 4.89. The summed E-state index contributed by atoms with van der Waals surface area (Å²) in [5.41, 5.74) is 2.31. The predicted molar refractivity (Wildman–Crippen MR) is 111 cm³/mol. The van der Waals surface area contributed by atoms with Crippen LogP contribution in [-0.2, 0) is 13.2 Å². The zero-order valence-electron chi connectivity index (χ0n) is 14.8. The second kappa shape index (κ2) is 8.05. The van der Waals surface area contributed by atoms with Gasteiger partial charge >= 0.3 is 0 Å². The van der Waals surface area contributed by atoms with Crippen molar-refractivity contribution in [3.8, 4) is 5.75 Å². The molecule has 1 aromatic heterocycles. The van der Waals surface area contributed by atoms with Crippen molar-refractivity contribution >= 4 is 40.0 Å². The van der Waals surface area contributed by atoms with Crippen molar-refractivity contribution in [2.24, 2.45) is 0 Å². The van der Waals surface area contributed by atoms with Gasteiger partial charge in [-0.25, -0.2) is 4.98 Å². The number of fused-ring (bicyclic) bond motifs is 1. The van der Waals surface area contributed by atoms with Crippen molar-refractivity contribution in [3.63, 3.8) is 0 Å². The molecule has 6 heteroatoms. The van der Waals surface area contributed by atoms with Crippen LogP contribution in [-0.4, -0.2) is 15.3 Å². The van der Waals surface area contributed by atoms with E-state index in [0.717, 1.165) is 11.0 Å². The number of nitrogens with zero attached hydrogens (tertiary/aromatic N) is 2. The monoisotopic (exact) mass is 410 g/mol. The Labute approximate surface area is 172 Å². The second-order valence-corrected chi connectivity index (χ2v) is 7.15. The van der Waals surface area contributed by atoms with E-state index >= 15 is 0 Å². The minimum absolute atomic E-state index is 0.0208. The predicted octanol–water partition coefficient (Wildman–Crippen LogP) is 5.81. The number of rotatable bonds is 6. The van der Waals surface area contributed by atoms with Gasteiger partial charge in [-0.3, -0.25) is 4.79 Å². The molecule has 0 saturated heterocycles. The van der Waals surface area contributed by atoms with Crippen molar-refractivity contribution in [1.29, 1.82) is 0 Å². The lowest BCUT2D eigenvalue weighted by atomic mass is 10.1. The summed E-state index contributed by atoms with van der Waals surface area (Å²) in [4.78, 5) is 17.4. The number of ketones is 1. The van der Waals surface area contributed by atoms with Gasteiger partial charge in [0.05, 0.1) is 17.6 Å². The van der Waals surface area contributed by atoms with Gasteiger partial charge in [0.25, 0.3) is 0 Å². The van der Waals surface area contributed by atoms with Crippen molar-refractivity contribution in [3.05, 3.63) is 94.2 Å². The molecule has 28 heavy (non-hydrogen) atoms. The van der Waals surface area contributed by atoms with Crippen molar-refractivity contribution < 1.29 is 9.53 Å². The van der Waals surface area contributed by atoms with E-state index in [1.54, 1.807) is 48.5 Å². The zero-order valence-corrected chi connectivity index (χ0v) is 16.3. The van der Waals surface area contributed by atoms with Gasteiger partial charge < -0.3 is 9.30 Å². The largest absolute Gasteiger partial charge is 0.486 e. The molecular formula is C22H16Cl2N2O2. The maximum Gasteiger partial charge on any atom is 0.182 e. The lowest BCUT2D eigenvalue weighted by Gasteiger charge is -2.10. The van der Waals surface area contributed by atoms with E-state index in [1.807, 2.05) is 28.8 Å². The summed E-state index contributed by atoms with van der Waals surface area (Å²) >= 11 is 11.8. The van der Waals surface area contributed by atoms with E-state index in [2.05, 4.69) is 4.98 Å². The smallest absolute Gasteiger partial charge is 0.182 e. The molecule has 0 saturated carbocycles. The van der Waals surface area contributed by atoms with Crippen LogP contribution in [0, 0.1) is 0 Å². The Morgan fingerprint density at radius 1 is 0.893 bits per heavy atom. The Kier molecular flexibility index (Phi) is 5.33. The highest BCUT2D eigenvalue weighted by Crippen LogP contribution is 2.21. The van der Waals surface area contributed by atoms with E-state index in [9.17, 15) is 4.79 Å². The van der Waals surface area contributed by atoms with Crippen LogP contribution in [0.2, 0.25) is 10.0 Å². The first-order valence-corrected chi connectivity index (χ1v) is 9.47. The third kappa shape index (κ3) is 4.03. The number of hydrogen-bond donors (Lipinski definition) is 0. The summed E-state index contributed by atoms with van der Waals surface area (Å²) < 4.78 is 7.74. The van der Waals surface area contributed by atoms with Gasteiger partial charge in [-0.15, -0.1) is 0 Å². The topological polar surface area (TPSA) is 44.1 Å². The van der Waals surface area contributed by atoms with Gasteiger partial charge in [0.1, 0.15) is 18.2 Å². The van der Waals surface area contributed by atoms with Crippen LogP contribution in [0.15, 0.2) is 72.8 Å². The molecule has 3 aromatic carbocycles. The highest BCUT2D eigenvalue weighted by molar-refractivity contribution is 6.30. The number of carbonyl (C=O) groups excluding carboxylic acids is 1. The molecule has 0 aliphatic rings. The maximum absolute atomic E-state index is 12.8. The lowest BCUT2D eigenvalue weighted by molar-refractivity contribution is 0.0971. The SMILES string of the molecule is O=C(Cn1c(COc2ccc(Cl)cc2)nc2ccccc21)c1ccc(Cl)cc1. The van der Waals surface area contributed by atoms with E-state index < -0.39 is 0 Å². The molecule has 4 rings (SSSR count). The molecule has 4 aromatic rings. The molecule has 0 amide bonds. The second-order valence-electron chi connectivity index (χ2n) is 6.28. The molecule has 0 aliphatic carbocycles. The number of Topliss-reactive ketones (excluding diaryl/α,β-unsaturated/α-hetero) is 1. The average molecular weight is 411 g/mol. The van der Waals surface area contributed by atoms with Crippen LogP contribution in [0.25, 0.3) is 11.0 Å². The number of halogens is 2. The molecule has 0 fully saturated rings. The number of imidazole rings is 1. The molecule has 1 heterocycles. The molecule has 4 nitrogen and oxygen atoms in total. The molecule has 140 valence electrons. The van der Waals surface area contributed by atoms with E-state index in [4.69, 9.17) is 27.9 Å². The number of ether oxygens (including phenoxy) is 1. The molecule has 0 radical (unpaired) electrons. The Hall–Kier alpha value is -2.82. The van der Waals surface area contributed by atoms with Gasteiger partial charge in [0.2, 0.25) is 0 Å². The first kappa shape index (κ1) is 18.5. The van der Waals surface area contributed by atoms with Gasteiger partial charge in [0, 0.05) is 15.6 Å². The normalized spacial score (nSPS) is 10.9. The van der Waals surface area contributed by atoms with Crippen molar-refractivity contribution in [2.45, 2.75) is 13.2 Å². The molecular weight excluding hydrogens is 395 g/mol. The Morgan fingerprint density at radius 3 is 2.25 bits per heavy atom. The fraction of sp³-hybridized carbons (Fsp3) is 0.0909. The van der Waals surface area contributed by atoms with Gasteiger partial charge in [0.15, 0.2) is 5.78 Å². The molecule has 0 bridgehead atoms. The third-order valence-electron chi connectivity index (χ3n) is 4.38. The summed E-state index contributed by atoms with van der Waals surface area (Å²) in [5.74, 6) is 1.35. The first-order valence-electron chi connectivity index (χ1n) is 8.71. The molecule has 0 aliphatic heterocycles. The number of hydrogen-bond acceptors (Lipinski definition) is 3. The minimum atomic E-state index is -0.0208. The van der Waals surface area contributed by atoms with Gasteiger partial charge in [-0.05, 0) is 60.7 Å². The summed E-state index contributed by atoms with van der Waals surface area (Å²) in [5, 5.41) is 1.25. The Bertz CT molecular complexity index is 1120. The number of aromatic nitrogens is 2. The summed E-state index contributed by atoms with van der Waals surface area (Å²) in [6.07, 6.45) is 0. The van der Waals surface area contributed by atoms with E-state index in [-0.39, 0.29) is 18.9 Å². The van der Waals surface area contributed by atoms with Crippen LogP contribution >= 0.6 is 23.2 Å². The maximum atomic E-state index is 12.8. The fourth-order valence-electron chi connectivity index (χ4n) is 2.96.